The summed E-state index contributed by atoms with van der Waals surface area (Å²) >= 11 is 0. The number of anilines is 2. The first-order valence-electron chi connectivity index (χ1n) is 8.69. The highest BCUT2D eigenvalue weighted by atomic mass is 19.2. The van der Waals surface area contributed by atoms with Crippen LogP contribution in [0.25, 0.3) is 0 Å². The highest BCUT2D eigenvalue weighted by molar-refractivity contribution is 6.04. The van der Waals surface area contributed by atoms with Gasteiger partial charge in [-0.2, -0.15) is 0 Å². The van der Waals surface area contributed by atoms with Gasteiger partial charge in [0, 0.05) is 29.9 Å². The van der Waals surface area contributed by atoms with Gasteiger partial charge in [0.1, 0.15) is 0 Å². The number of aryl methyl sites for hydroxylation is 1. The summed E-state index contributed by atoms with van der Waals surface area (Å²) in [6, 6.07) is 8.40. The third kappa shape index (κ3) is 3.74. The third-order valence-electron chi connectivity index (χ3n) is 4.45. The quantitative estimate of drug-likeness (QED) is 0.866. The molecule has 2 aromatic rings. The average Bonchev–Trinajstić information content (AvgIpc) is 2.63. The number of carbonyl (C=O) groups is 2. The number of rotatable bonds is 5. The smallest absolute Gasteiger partial charge is 0.255 e. The Hall–Kier alpha value is -2.76. The van der Waals surface area contributed by atoms with Crippen molar-refractivity contribution in [2.24, 2.45) is 0 Å². The Labute approximate surface area is 150 Å². The lowest BCUT2D eigenvalue weighted by molar-refractivity contribution is -0.118. The van der Waals surface area contributed by atoms with Crippen molar-refractivity contribution in [3.05, 3.63) is 59.2 Å². The van der Waals surface area contributed by atoms with Gasteiger partial charge in [-0.3, -0.25) is 9.59 Å². The van der Waals surface area contributed by atoms with Gasteiger partial charge in [0.2, 0.25) is 5.91 Å². The van der Waals surface area contributed by atoms with E-state index in [-0.39, 0.29) is 11.5 Å². The number of hydrogen-bond donors (Lipinski definition) is 1. The highest BCUT2D eigenvalue weighted by Gasteiger charge is 2.24. The molecular formula is C20H20F2N2O2. The van der Waals surface area contributed by atoms with Crippen LogP contribution < -0.4 is 10.2 Å². The summed E-state index contributed by atoms with van der Waals surface area (Å²) in [5.74, 6) is -2.46. The summed E-state index contributed by atoms with van der Waals surface area (Å²) in [6.45, 7) is 2.76. The first-order valence-corrected chi connectivity index (χ1v) is 8.69. The van der Waals surface area contributed by atoms with E-state index in [2.05, 4.69) is 12.2 Å². The standard InChI is InChI=1S/C20H20F2N2O2/c1-2-3-10-24-18-8-6-15(11-13(18)5-9-19(24)25)23-20(26)14-4-7-16(21)17(22)12-14/h4,6-8,11-12H,2-3,5,9-10H2,1H3,(H,23,26). The summed E-state index contributed by atoms with van der Waals surface area (Å²) in [5, 5.41) is 2.69. The molecule has 0 bridgehead atoms. The van der Waals surface area contributed by atoms with Crippen LogP contribution in [-0.4, -0.2) is 18.4 Å². The van der Waals surface area contributed by atoms with Gasteiger partial charge in [-0.05, 0) is 54.8 Å². The number of carbonyl (C=O) groups excluding carboxylic acids is 2. The molecule has 0 fully saturated rings. The molecule has 0 radical (unpaired) electrons. The van der Waals surface area contributed by atoms with Crippen molar-refractivity contribution < 1.29 is 18.4 Å². The lowest BCUT2D eigenvalue weighted by atomic mass is 10.00. The Morgan fingerprint density at radius 3 is 2.65 bits per heavy atom. The van der Waals surface area contributed by atoms with Gasteiger partial charge in [0.25, 0.3) is 5.91 Å². The predicted molar refractivity (Wildman–Crippen MR) is 96.3 cm³/mol. The van der Waals surface area contributed by atoms with E-state index < -0.39 is 17.5 Å². The van der Waals surface area contributed by atoms with E-state index in [0.29, 0.717) is 25.1 Å². The molecular weight excluding hydrogens is 338 g/mol. The van der Waals surface area contributed by atoms with Crippen LogP contribution in [0.15, 0.2) is 36.4 Å². The highest BCUT2D eigenvalue weighted by Crippen LogP contribution is 2.30. The summed E-state index contributed by atoms with van der Waals surface area (Å²) in [7, 11) is 0. The molecule has 1 heterocycles. The molecule has 26 heavy (non-hydrogen) atoms. The minimum atomic E-state index is -1.06. The van der Waals surface area contributed by atoms with Gasteiger partial charge in [-0.1, -0.05) is 13.3 Å². The largest absolute Gasteiger partial charge is 0.322 e. The van der Waals surface area contributed by atoms with Gasteiger partial charge in [0.05, 0.1) is 0 Å². The van der Waals surface area contributed by atoms with Crippen molar-refractivity contribution in [2.45, 2.75) is 32.6 Å². The topological polar surface area (TPSA) is 49.4 Å². The molecule has 0 spiro atoms. The van der Waals surface area contributed by atoms with Gasteiger partial charge in [-0.25, -0.2) is 8.78 Å². The molecule has 4 nitrogen and oxygen atoms in total. The fourth-order valence-corrected chi connectivity index (χ4v) is 3.04. The Bertz CT molecular complexity index is 852. The van der Waals surface area contributed by atoms with Crippen LogP contribution in [0.4, 0.5) is 20.2 Å². The van der Waals surface area contributed by atoms with Gasteiger partial charge < -0.3 is 10.2 Å². The Balaban J connectivity index is 1.79. The molecule has 0 aliphatic carbocycles. The first-order chi connectivity index (χ1) is 12.5. The minimum absolute atomic E-state index is 0.0429. The number of benzene rings is 2. The molecule has 2 amide bonds. The molecule has 0 atom stereocenters. The van der Waals surface area contributed by atoms with Crippen molar-refractivity contribution >= 4 is 23.2 Å². The van der Waals surface area contributed by atoms with E-state index in [4.69, 9.17) is 0 Å². The molecule has 1 aliphatic heterocycles. The van der Waals surface area contributed by atoms with Crippen LogP contribution in [0.3, 0.4) is 0 Å². The van der Waals surface area contributed by atoms with Crippen molar-refractivity contribution in [2.75, 3.05) is 16.8 Å². The molecule has 1 N–H and O–H groups in total. The maximum Gasteiger partial charge on any atom is 0.255 e. The number of fused-ring (bicyclic) bond motifs is 1. The molecule has 0 aromatic heterocycles. The molecule has 0 saturated carbocycles. The van der Waals surface area contributed by atoms with Crippen LogP contribution in [0.5, 0.6) is 0 Å². The summed E-state index contributed by atoms with van der Waals surface area (Å²) < 4.78 is 26.3. The molecule has 136 valence electrons. The maximum absolute atomic E-state index is 13.3. The van der Waals surface area contributed by atoms with E-state index in [0.717, 1.165) is 36.2 Å². The number of hydrogen-bond acceptors (Lipinski definition) is 2. The zero-order chi connectivity index (χ0) is 18.7. The summed E-state index contributed by atoms with van der Waals surface area (Å²) in [5.41, 5.74) is 2.47. The van der Waals surface area contributed by atoms with Gasteiger partial charge in [-0.15, -0.1) is 0 Å². The molecule has 0 saturated heterocycles. The van der Waals surface area contributed by atoms with Crippen molar-refractivity contribution in [3.8, 4) is 0 Å². The predicted octanol–water partition coefficient (Wildman–Crippen LogP) is 4.30. The third-order valence-corrected chi connectivity index (χ3v) is 4.45. The van der Waals surface area contributed by atoms with Crippen molar-refractivity contribution in [1.29, 1.82) is 0 Å². The number of unbranched alkanes of at least 4 members (excludes halogenated alkanes) is 1. The number of nitrogens with one attached hydrogen (secondary N) is 1. The fraction of sp³-hybridized carbons (Fsp3) is 0.300. The Kier molecular flexibility index (Phi) is 5.30. The van der Waals surface area contributed by atoms with E-state index >= 15 is 0 Å². The van der Waals surface area contributed by atoms with Crippen molar-refractivity contribution in [1.82, 2.24) is 0 Å². The second kappa shape index (κ2) is 7.64. The van der Waals surface area contributed by atoms with Gasteiger partial charge >= 0.3 is 0 Å². The SMILES string of the molecule is CCCCN1C(=O)CCc2cc(NC(=O)c3ccc(F)c(F)c3)ccc21. The maximum atomic E-state index is 13.3. The zero-order valence-electron chi connectivity index (χ0n) is 14.5. The second-order valence-electron chi connectivity index (χ2n) is 6.33. The number of halogens is 2. The fourth-order valence-electron chi connectivity index (χ4n) is 3.04. The summed E-state index contributed by atoms with van der Waals surface area (Å²) in [6.07, 6.45) is 2.99. The van der Waals surface area contributed by atoms with Crippen molar-refractivity contribution in [3.63, 3.8) is 0 Å². The lowest BCUT2D eigenvalue weighted by Gasteiger charge is -2.29. The molecule has 1 aliphatic rings. The van der Waals surface area contributed by atoms with E-state index in [1.165, 1.54) is 6.07 Å². The van der Waals surface area contributed by atoms with Crippen LogP contribution in [0, 0.1) is 11.6 Å². The molecule has 6 heteroatoms. The molecule has 0 unspecified atom stereocenters. The monoisotopic (exact) mass is 358 g/mol. The van der Waals surface area contributed by atoms with E-state index in [1.54, 1.807) is 11.0 Å². The lowest BCUT2D eigenvalue weighted by Crippen LogP contribution is -2.35. The van der Waals surface area contributed by atoms with Crippen LogP contribution in [0.1, 0.15) is 42.1 Å². The Morgan fingerprint density at radius 2 is 1.92 bits per heavy atom. The van der Waals surface area contributed by atoms with Crippen LogP contribution in [0.2, 0.25) is 0 Å². The number of amides is 2. The minimum Gasteiger partial charge on any atom is -0.322 e. The average molecular weight is 358 g/mol. The normalized spacial score (nSPS) is 13.5. The van der Waals surface area contributed by atoms with Crippen LogP contribution in [-0.2, 0) is 11.2 Å². The van der Waals surface area contributed by atoms with E-state index in [1.807, 2.05) is 12.1 Å². The van der Waals surface area contributed by atoms with Crippen LogP contribution >= 0.6 is 0 Å². The summed E-state index contributed by atoms with van der Waals surface area (Å²) in [4.78, 5) is 26.2. The second-order valence-corrected chi connectivity index (χ2v) is 6.33. The first kappa shape index (κ1) is 18.0. The molecule has 3 rings (SSSR count). The van der Waals surface area contributed by atoms with Gasteiger partial charge in [0.15, 0.2) is 11.6 Å². The molecule has 2 aromatic carbocycles. The number of nitrogens with zero attached hydrogens (tertiary/aromatic N) is 1. The zero-order valence-corrected chi connectivity index (χ0v) is 14.5. The van der Waals surface area contributed by atoms with E-state index in [9.17, 15) is 18.4 Å². The Morgan fingerprint density at radius 1 is 1.12 bits per heavy atom.